The van der Waals surface area contributed by atoms with Crippen molar-refractivity contribution in [3.8, 4) is 0 Å². The van der Waals surface area contributed by atoms with Crippen LogP contribution in [0.25, 0.3) is 21.1 Å². The fourth-order valence-corrected chi connectivity index (χ4v) is 5.23. The molecule has 0 saturated heterocycles. The van der Waals surface area contributed by atoms with Gasteiger partial charge in [-0.25, -0.2) is 9.78 Å². The molecule has 4 aromatic rings. The van der Waals surface area contributed by atoms with Gasteiger partial charge in [-0.2, -0.15) is 0 Å². The second kappa shape index (κ2) is 9.38. The molecule has 2 aromatic carbocycles. The van der Waals surface area contributed by atoms with Crippen molar-refractivity contribution in [3.05, 3.63) is 69.0 Å². The number of carbonyl (C=O) groups is 2. The van der Waals surface area contributed by atoms with Crippen LogP contribution < -0.4 is 10.9 Å². The average molecular weight is 478 g/mol. The Hall–Kier alpha value is -3.52. The second-order valence-electron chi connectivity index (χ2n) is 8.35. The molecule has 0 radical (unpaired) electrons. The van der Waals surface area contributed by atoms with E-state index in [0.29, 0.717) is 29.2 Å². The molecule has 0 aliphatic rings. The standard InChI is InChI=1S/C26H27N3O4S/c1-6-20(29-22(30)12-15(4)18-11-14(3)10-16(5)23(18)29)24(31)28-26-27-19-9-8-17(13-21(19)34-26)25(32)33-7-2/h8-13,20H,6-7H2,1-5H3,(H,27,28,31). The molecule has 1 unspecified atom stereocenters. The number of aromatic nitrogens is 2. The molecular weight excluding hydrogens is 450 g/mol. The van der Waals surface area contributed by atoms with Gasteiger partial charge in [0.05, 0.1) is 27.9 Å². The molecule has 34 heavy (non-hydrogen) atoms. The van der Waals surface area contributed by atoms with Gasteiger partial charge < -0.3 is 10.1 Å². The molecule has 4 rings (SSSR count). The molecule has 7 nitrogen and oxygen atoms in total. The molecule has 0 fully saturated rings. The average Bonchev–Trinajstić information content (AvgIpc) is 3.18. The first-order chi connectivity index (χ1) is 16.2. The van der Waals surface area contributed by atoms with Crippen molar-refractivity contribution in [3.63, 3.8) is 0 Å². The van der Waals surface area contributed by atoms with E-state index in [4.69, 9.17) is 4.74 Å². The Balaban J connectivity index is 1.71. The summed E-state index contributed by atoms with van der Waals surface area (Å²) in [4.78, 5) is 42.9. The third kappa shape index (κ3) is 4.33. The zero-order valence-corrected chi connectivity index (χ0v) is 20.7. The first-order valence-electron chi connectivity index (χ1n) is 11.2. The number of pyridine rings is 1. The van der Waals surface area contributed by atoms with E-state index in [1.54, 1.807) is 35.8 Å². The van der Waals surface area contributed by atoms with E-state index in [2.05, 4.69) is 10.3 Å². The lowest BCUT2D eigenvalue weighted by Gasteiger charge is -2.22. The summed E-state index contributed by atoms with van der Waals surface area (Å²) in [5.74, 6) is -0.704. The maximum absolute atomic E-state index is 13.4. The summed E-state index contributed by atoms with van der Waals surface area (Å²) < 4.78 is 7.42. The van der Waals surface area contributed by atoms with E-state index in [0.717, 1.165) is 32.3 Å². The summed E-state index contributed by atoms with van der Waals surface area (Å²) in [6, 6.07) is 10.1. The number of nitrogens with one attached hydrogen (secondary N) is 1. The van der Waals surface area contributed by atoms with E-state index in [1.165, 1.54) is 11.3 Å². The maximum atomic E-state index is 13.4. The van der Waals surface area contributed by atoms with Crippen molar-refractivity contribution in [2.75, 3.05) is 11.9 Å². The SMILES string of the molecule is CCOC(=O)c1ccc2nc(NC(=O)C(CC)n3c(=O)cc(C)c4cc(C)cc(C)c43)sc2c1. The summed E-state index contributed by atoms with van der Waals surface area (Å²) in [5.41, 5.74) is 4.63. The highest BCUT2D eigenvalue weighted by Crippen LogP contribution is 2.30. The van der Waals surface area contributed by atoms with Gasteiger partial charge in [0.25, 0.3) is 5.56 Å². The van der Waals surface area contributed by atoms with Gasteiger partial charge in [-0.1, -0.05) is 29.9 Å². The van der Waals surface area contributed by atoms with Crippen LogP contribution >= 0.6 is 11.3 Å². The quantitative estimate of drug-likeness (QED) is 0.381. The number of hydrogen-bond acceptors (Lipinski definition) is 6. The summed E-state index contributed by atoms with van der Waals surface area (Å²) in [6.07, 6.45) is 0.440. The van der Waals surface area contributed by atoms with E-state index < -0.39 is 12.0 Å². The van der Waals surface area contributed by atoms with Crippen LogP contribution in [-0.2, 0) is 9.53 Å². The van der Waals surface area contributed by atoms with Crippen molar-refractivity contribution in [1.82, 2.24) is 9.55 Å². The normalized spacial score (nSPS) is 12.1. The number of carbonyl (C=O) groups excluding carboxylic acids is 2. The number of hydrogen-bond donors (Lipinski definition) is 1. The van der Waals surface area contributed by atoms with E-state index >= 15 is 0 Å². The Morgan fingerprint density at radius 1 is 1.09 bits per heavy atom. The molecule has 8 heteroatoms. The summed E-state index contributed by atoms with van der Waals surface area (Å²) in [7, 11) is 0. The van der Waals surface area contributed by atoms with Gasteiger partial charge in [0.15, 0.2) is 5.13 Å². The number of thiazole rings is 1. The summed E-state index contributed by atoms with van der Waals surface area (Å²) in [6.45, 7) is 9.84. The molecule has 0 saturated carbocycles. The van der Waals surface area contributed by atoms with Crippen LogP contribution in [0.4, 0.5) is 5.13 Å². The number of anilines is 1. The van der Waals surface area contributed by atoms with Crippen molar-refractivity contribution in [2.24, 2.45) is 0 Å². The number of rotatable bonds is 6. The molecule has 0 spiro atoms. The molecule has 1 N–H and O–H groups in total. The van der Waals surface area contributed by atoms with Gasteiger partial charge in [0.2, 0.25) is 5.91 Å². The van der Waals surface area contributed by atoms with Gasteiger partial charge >= 0.3 is 5.97 Å². The van der Waals surface area contributed by atoms with Crippen molar-refractivity contribution in [1.29, 1.82) is 0 Å². The predicted molar refractivity (Wildman–Crippen MR) is 136 cm³/mol. The highest BCUT2D eigenvalue weighted by Gasteiger charge is 2.24. The van der Waals surface area contributed by atoms with Crippen LogP contribution in [0.15, 0.2) is 41.2 Å². The largest absolute Gasteiger partial charge is 0.462 e. The minimum Gasteiger partial charge on any atom is -0.462 e. The Bertz CT molecular complexity index is 1490. The number of benzene rings is 2. The summed E-state index contributed by atoms with van der Waals surface area (Å²) >= 11 is 1.28. The van der Waals surface area contributed by atoms with Crippen LogP contribution in [0.5, 0.6) is 0 Å². The van der Waals surface area contributed by atoms with Crippen LogP contribution in [0.1, 0.15) is 53.4 Å². The first-order valence-corrected chi connectivity index (χ1v) is 12.1. The maximum Gasteiger partial charge on any atom is 0.338 e. The highest BCUT2D eigenvalue weighted by atomic mass is 32.1. The zero-order valence-electron chi connectivity index (χ0n) is 19.9. The predicted octanol–water partition coefficient (Wildman–Crippen LogP) is 5.30. The minimum absolute atomic E-state index is 0.206. The van der Waals surface area contributed by atoms with Crippen molar-refractivity contribution < 1.29 is 14.3 Å². The van der Waals surface area contributed by atoms with Crippen molar-refractivity contribution >= 4 is 49.5 Å². The number of amides is 1. The van der Waals surface area contributed by atoms with Crippen LogP contribution in [-0.4, -0.2) is 28.0 Å². The lowest BCUT2D eigenvalue weighted by molar-refractivity contribution is -0.119. The van der Waals surface area contributed by atoms with Gasteiger partial charge in [0, 0.05) is 11.5 Å². The molecule has 0 aliphatic heterocycles. The lowest BCUT2D eigenvalue weighted by Crippen LogP contribution is -2.33. The third-order valence-corrected chi connectivity index (χ3v) is 6.75. The van der Waals surface area contributed by atoms with E-state index in [9.17, 15) is 14.4 Å². The highest BCUT2D eigenvalue weighted by molar-refractivity contribution is 7.22. The topological polar surface area (TPSA) is 90.3 Å². The molecule has 2 aromatic heterocycles. The Morgan fingerprint density at radius 3 is 2.56 bits per heavy atom. The minimum atomic E-state index is -0.695. The fourth-order valence-electron chi connectivity index (χ4n) is 4.33. The Kier molecular flexibility index (Phi) is 6.52. The third-order valence-electron chi connectivity index (χ3n) is 5.82. The van der Waals surface area contributed by atoms with Gasteiger partial charge in [-0.3, -0.25) is 14.2 Å². The number of aryl methyl sites for hydroxylation is 3. The number of esters is 1. The molecular formula is C26H27N3O4S. The summed E-state index contributed by atoms with van der Waals surface area (Å²) in [5, 5.41) is 4.27. The molecule has 176 valence electrons. The Labute approximate surface area is 201 Å². The molecule has 1 amide bonds. The van der Waals surface area contributed by atoms with E-state index in [-0.39, 0.29) is 11.5 Å². The van der Waals surface area contributed by atoms with Gasteiger partial charge in [-0.15, -0.1) is 0 Å². The van der Waals surface area contributed by atoms with Crippen LogP contribution in [0.2, 0.25) is 0 Å². The van der Waals surface area contributed by atoms with E-state index in [1.807, 2.05) is 39.8 Å². The molecule has 2 heterocycles. The van der Waals surface area contributed by atoms with Gasteiger partial charge in [0.1, 0.15) is 6.04 Å². The number of fused-ring (bicyclic) bond motifs is 2. The van der Waals surface area contributed by atoms with Crippen LogP contribution in [0.3, 0.4) is 0 Å². The van der Waals surface area contributed by atoms with Crippen molar-refractivity contribution in [2.45, 2.75) is 47.1 Å². The first kappa shape index (κ1) is 23.6. The Morgan fingerprint density at radius 2 is 1.85 bits per heavy atom. The number of nitrogens with zero attached hydrogens (tertiary/aromatic N) is 2. The smallest absolute Gasteiger partial charge is 0.338 e. The number of ether oxygens (including phenoxy) is 1. The fraction of sp³-hybridized carbons (Fsp3) is 0.308. The second-order valence-corrected chi connectivity index (χ2v) is 9.38. The molecule has 0 aliphatic carbocycles. The lowest BCUT2D eigenvalue weighted by atomic mass is 10.0. The zero-order chi connectivity index (χ0) is 24.6. The molecule has 0 bridgehead atoms. The van der Waals surface area contributed by atoms with Crippen LogP contribution in [0, 0.1) is 20.8 Å². The van der Waals surface area contributed by atoms with Gasteiger partial charge in [-0.05, 0) is 69.5 Å². The molecule has 1 atom stereocenters. The monoisotopic (exact) mass is 477 g/mol.